The van der Waals surface area contributed by atoms with Crippen molar-refractivity contribution in [3.63, 3.8) is 0 Å². The standard InChI is InChI=1S/C22H33F/c1-17-5-7-19(8-6-17)10-9-18-3-2-4-20(12-11-18)21-13-15-22(23)16-14-21/h13-20H,2-12H2,1H3. The first-order valence-electron chi connectivity index (χ1n) is 9.96. The lowest BCUT2D eigenvalue weighted by Crippen LogP contribution is -2.13. The minimum atomic E-state index is -0.109. The minimum Gasteiger partial charge on any atom is -0.207 e. The lowest BCUT2D eigenvalue weighted by molar-refractivity contribution is 0.255. The zero-order valence-corrected chi connectivity index (χ0v) is 14.8. The van der Waals surface area contributed by atoms with Crippen LogP contribution in [0, 0.1) is 23.6 Å². The van der Waals surface area contributed by atoms with Gasteiger partial charge in [-0.25, -0.2) is 4.39 Å². The van der Waals surface area contributed by atoms with Gasteiger partial charge in [-0.15, -0.1) is 0 Å². The number of halogens is 1. The Kier molecular flexibility index (Phi) is 6.14. The SMILES string of the molecule is CC1CCC(CCC2CCCC(c3ccc(F)cc3)CC2)CC1. The maximum atomic E-state index is 13.1. The predicted molar refractivity (Wildman–Crippen MR) is 96.1 cm³/mol. The Labute approximate surface area is 141 Å². The molecular formula is C22H33F. The van der Waals surface area contributed by atoms with Crippen LogP contribution >= 0.6 is 0 Å². The molecule has 2 aliphatic rings. The van der Waals surface area contributed by atoms with Gasteiger partial charge < -0.3 is 0 Å². The highest BCUT2D eigenvalue weighted by molar-refractivity contribution is 5.20. The van der Waals surface area contributed by atoms with Crippen LogP contribution in [-0.2, 0) is 0 Å². The van der Waals surface area contributed by atoms with E-state index >= 15 is 0 Å². The molecule has 3 rings (SSSR count). The molecule has 0 amide bonds. The van der Waals surface area contributed by atoms with Gasteiger partial charge in [0.2, 0.25) is 0 Å². The first-order valence-corrected chi connectivity index (χ1v) is 9.96. The van der Waals surface area contributed by atoms with Gasteiger partial charge >= 0.3 is 0 Å². The molecule has 23 heavy (non-hydrogen) atoms. The summed E-state index contributed by atoms with van der Waals surface area (Å²) in [5.74, 6) is 3.49. The van der Waals surface area contributed by atoms with Crippen molar-refractivity contribution < 1.29 is 4.39 Å². The molecule has 2 atom stereocenters. The van der Waals surface area contributed by atoms with Gasteiger partial charge in [0.25, 0.3) is 0 Å². The Morgan fingerprint density at radius 3 is 2.09 bits per heavy atom. The van der Waals surface area contributed by atoms with E-state index in [9.17, 15) is 4.39 Å². The van der Waals surface area contributed by atoms with Crippen LogP contribution < -0.4 is 0 Å². The summed E-state index contributed by atoms with van der Waals surface area (Å²) in [5, 5.41) is 0. The highest BCUT2D eigenvalue weighted by Crippen LogP contribution is 2.38. The average Bonchev–Trinajstić information content (AvgIpc) is 2.81. The van der Waals surface area contributed by atoms with Crippen LogP contribution in [0.15, 0.2) is 24.3 Å². The Morgan fingerprint density at radius 1 is 0.783 bits per heavy atom. The van der Waals surface area contributed by atoms with Crippen LogP contribution in [0.2, 0.25) is 0 Å². The van der Waals surface area contributed by atoms with E-state index < -0.39 is 0 Å². The van der Waals surface area contributed by atoms with E-state index in [0.717, 1.165) is 17.8 Å². The zero-order valence-electron chi connectivity index (χ0n) is 14.8. The maximum Gasteiger partial charge on any atom is 0.123 e. The molecule has 0 aromatic heterocycles. The molecule has 0 saturated heterocycles. The van der Waals surface area contributed by atoms with Crippen LogP contribution in [0.1, 0.15) is 89.0 Å². The summed E-state index contributed by atoms with van der Waals surface area (Å²) in [6.45, 7) is 2.41. The largest absolute Gasteiger partial charge is 0.207 e. The Morgan fingerprint density at radius 2 is 1.39 bits per heavy atom. The van der Waals surface area contributed by atoms with Crippen molar-refractivity contribution in [2.75, 3.05) is 0 Å². The molecule has 1 aromatic rings. The van der Waals surface area contributed by atoms with Gasteiger partial charge in [-0.2, -0.15) is 0 Å². The summed E-state index contributed by atoms with van der Waals surface area (Å²) in [6.07, 6.45) is 15.6. The Bertz CT molecular complexity index is 455. The molecule has 2 saturated carbocycles. The van der Waals surface area contributed by atoms with E-state index in [4.69, 9.17) is 0 Å². The van der Waals surface area contributed by atoms with Crippen molar-refractivity contribution in [3.05, 3.63) is 35.6 Å². The van der Waals surface area contributed by atoms with Crippen LogP contribution in [0.25, 0.3) is 0 Å². The first kappa shape index (κ1) is 17.0. The highest BCUT2D eigenvalue weighted by Gasteiger charge is 2.23. The van der Waals surface area contributed by atoms with Gasteiger partial charge in [-0.3, -0.25) is 0 Å². The van der Waals surface area contributed by atoms with Crippen LogP contribution in [0.3, 0.4) is 0 Å². The molecule has 0 heterocycles. The van der Waals surface area contributed by atoms with Crippen molar-refractivity contribution in [1.29, 1.82) is 0 Å². The summed E-state index contributed by atoms with van der Waals surface area (Å²) in [7, 11) is 0. The molecule has 1 aromatic carbocycles. The molecule has 0 radical (unpaired) electrons. The lowest BCUT2D eigenvalue weighted by atomic mass is 9.79. The summed E-state index contributed by atoms with van der Waals surface area (Å²) in [4.78, 5) is 0. The quantitative estimate of drug-likeness (QED) is 0.520. The van der Waals surface area contributed by atoms with Gasteiger partial charge in [-0.05, 0) is 60.6 Å². The Balaban J connectivity index is 1.44. The molecule has 0 bridgehead atoms. The lowest BCUT2D eigenvalue weighted by Gasteiger charge is -2.27. The molecule has 2 unspecified atom stereocenters. The fraction of sp³-hybridized carbons (Fsp3) is 0.727. The molecule has 2 fully saturated rings. The van der Waals surface area contributed by atoms with Gasteiger partial charge in [0.1, 0.15) is 5.82 Å². The second-order valence-corrected chi connectivity index (χ2v) is 8.33. The highest BCUT2D eigenvalue weighted by atomic mass is 19.1. The fourth-order valence-corrected chi connectivity index (χ4v) is 4.82. The molecule has 128 valence electrons. The predicted octanol–water partition coefficient (Wildman–Crippen LogP) is 7.10. The summed E-state index contributed by atoms with van der Waals surface area (Å²) < 4.78 is 13.1. The van der Waals surface area contributed by atoms with E-state index in [1.807, 2.05) is 12.1 Å². The summed E-state index contributed by atoms with van der Waals surface area (Å²) in [6, 6.07) is 7.26. The molecule has 2 aliphatic carbocycles. The van der Waals surface area contributed by atoms with Crippen molar-refractivity contribution in [2.45, 2.75) is 83.5 Å². The smallest absolute Gasteiger partial charge is 0.123 e. The molecule has 0 aliphatic heterocycles. The van der Waals surface area contributed by atoms with Gasteiger partial charge in [0, 0.05) is 0 Å². The van der Waals surface area contributed by atoms with Crippen molar-refractivity contribution in [2.24, 2.45) is 17.8 Å². The minimum absolute atomic E-state index is 0.109. The van der Waals surface area contributed by atoms with E-state index in [-0.39, 0.29) is 5.82 Å². The van der Waals surface area contributed by atoms with E-state index in [2.05, 4.69) is 6.92 Å². The van der Waals surface area contributed by atoms with E-state index in [1.54, 1.807) is 12.1 Å². The molecule has 0 spiro atoms. The van der Waals surface area contributed by atoms with Gasteiger partial charge in [0.05, 0.1) is 0 Å². The van der Waals surface area contributed by atoms with Crippen LogP contribution in [0.4, 0.5) is 4.39 Å². The third-order valence-corrected chi connectivity index (χ3v) is 6.55. The van der Waals surface area contributed by atoms with Crippen molar-refractivity contribution in [1.82, 2.24) is 0 Å². The van der Waals surface area contributed by atoms with E-state index in [0.29, 0.717) is 5.92 Å². The Hall–Kier alpha value is -0.850. The van der Waals surface area contributed by atoms with Crippen molar-refractivity contribution in [3.8, 4) is 0 Å². The monoisotopic (exact) mass is 316 g/mol. The summed E-state index contributed by atoms with van der Waals surface area (Å²) in [5.41, 5.74) is 1.35. The number of hydrogen-bond acceptors (Lipinski definition) is 0. The molecule has 0 N–H and O–H groups in total. The van der Waals surface area contributed by atoms with Gasteiger partial charge in [0.15, 0.2) is 0 Å². The second-order valence-electron chi connectivity index (χ2n) is 8.33. The fourth-order valence-electron chi connectivity index (χ4n) is 4.82. The molecular weight excluding hydrogens is 283 g/mol. The zero-order chi connectivity index (χ0) is 16.1. The average molecular weight is 317 g/mol. The number of benzene rings is 1. The number of rotatable bonds is 4. The van der Waals surface area contributed by atoms with Gasteiger partial charge in [-0.1, -0.05) is 70.4 Å². The van der Waals surface area contributed by atoms with Crippen molar-refractivity contribution >= 4 is 0 Å². The third kappa shape index (κ3) is 5.06. The molecule has 1 heteroatoms. The molecule has 0 nitrogen and oxygen atoms in total. The van der Waals surface area contributed by atoms with Crippen LogP contribution in [-0.4, -0.2) is 0 Å². The first-order chi connectivity index (χ1) is 11.2. The van der Waals surface area contributed by atoms with E-state index in [1.165, 1.54) is 76.2 Å². The van der Waals surface area contributed by atoms with Crippen LogP contribution in [0.5, 0.6) is 0 Å². The second kappa shape index (κ2) is 8.31. The number of hydrogen-bond donors (Lipinski definition) is 0. The maximum absolute atomic E-state index is 13.1. The third-order valence-electron chi connectivity index (χ3n) is 6.55. The topological polar surface area (TPSA) is 0 Å². The normalized spacial score (nSPS) is 32.4. The summed E-state index contributed by atoms with van der Waals surface area (Å²) >= 11 is 0.